The first-order valence-corrected chi connectivity index (χ1v) is 8.89. The summed E-state index contributed by atoms with van der Waals surface area (Å²) in [4.78, 5) is 12.0. The third-order valence-electron chi connectivity index (χ3n) is 4.13. The van der Waals surface area contributed by atoms with Gasteiger partial charge in [0.25, 0.3) is 5.91 Å². The van der Waals surface area contributed by atoms with Crippen LogP contribution in [0.5, 0.6) is 17.2 Å². The van der Waals surface area contributed by atoms with Crippen molar-refractivity contribution < 1.29 is 27.8 Å². The van der Waals surface area contributed by atoms with Gasteiger partial charge in [-0.25, -0.2) is 0 Å². The van der Waals surface area contributed by atoms with Gasteiger partial charge < -0.3 is 19.5 Å². The number of halogens is 2. The molecule has 0 spiro atoms. The maximum absolute atomic E-state index is 12.4. The van der Waals surface area contributed by atoms with Crippen LogP contribution in [0.4, 0.5) is 8.78 Å². The maximum atomic E-state index is 12.4. The minimum Gasteiger partial charge on any atom is -0.493 e. The van der Waals surface area contributed by atoms with Gasteiger partial charge in [0, 0.05) is 6.54 Å². The van der Waals surface area contributed by atoms with E-state index in [1.807, 2.05) is 32.9 Å². The van der Waals surface area contributed by atoms with Crippen LogP contribution in [0.25, 0.3) is 0 Å². The fourth-order valence-electron chi connectivity index (χ4n) is 2.99. The highest BCUT2D eigenvalue weighted by atomic mass is 19.3. The normalized spacial score (nSPS) is 10.7. The molecule has 1 N–H and O–H groups in total. The van der Waals surface area contributed by atoms with Crippen molar-refractivity contribution in [2.45, 2.75) is 33.8 Å². The molecule has 152 valence electrons. The van der Waals surface area contributed by atoms with E-state index in [1.54, 1.807) is 12.1 Å². The molecule has 0 bridgehead atoms. The largest absolute Gasteiger partial charge is 0.493 e. The molecule has 7 heteroatoms. The number of rotatable bonds is 9. The van der Waals surface area contributed by atoms with E-state index in [2.05, 4.69) is 10.1 Å². The lowest BCUT2D eigenvalue weighted by atomic mass is 10.1. The fourth-order valence-corrected chi connectivity index (χ4v) is 2.99. The molecule has 2 aromatic rings. The second kappa shape index (κ2) is 9.92. The Morgan fingerprint density at radius 2 is 1.75 bits per heavy atom. The number of benzene rings is 2. The van der Waals surface area contributed by atoms with Crippen molar-refractivity contribution in [1.82, 2.24) is 5.32 Å². The van der Waals surface area contributed by atoms with Gasteiger partial charge in [0.1, 0.15) is 5.75 Å². The summed E-state index contributed by atoms with van der Waals surface area (Å²) < 4.78 is 39.8. The SMILES string of the molecule is COc1cc(CCNC(=O)COc2c(C)cc(C)cc2C)ccc1OC(F)F. The number of nitrogens with one attached hydrogen (secondary N) is 1. The third kappa shape index (κ3) is 6.11. The lowest BCUT2D eigenvalue weighted by molar-refractivity contribution is -0.123. The second-order valence-electron chi connectivity index (χ2n) is 6.48. The number of hydrogen-bond acceptors (Lipinski definition) is 4. The van der Waals surface area contributed by atoms with Gasteiger partial charge >= 0.3 is 6.61 Å². The number of aryl methyl sites for hydroxylation is 3. The highest BCUT2D eigenvalue weighted by Crippen LogP contribution is 2.29. The molecule has 0 aliphatic carbocycles. The van der Waals surface area contributed by atoms with E-state index in [9.17, 15) is 13.6 Å². The Kier molecular flexibility index (Phi) is 7.61. The summed E-state index contributed by atoms with van der Waals surface area (Å²) in [5.74, 6) is 0.685. The Balaban J connectivity index is 1.84. The van der Waals surface area contributed by atoms with Crippen molar-refractivity contribution in [2.75, 3.05) is 20.3 Å². The molecule has 0 heterocycles. The lowest BCUT2D eigenvalue weighted by Crippen LogP contribution is -2.30. The van der Waals surface area contributed by atoms with Gasteiger partial charge in [-0.1, -0.05) is 23.8 Å². The van der Waals surface area contributed by atoms with E-state index >= 15 is 0 Å². The van der Waals surface area contributed by atoms with Crippen LogP contribution in [0, 0.1) is 20.8 Å². The van der Waals surface area contributed by atoms with Gasteiger partial charge in [-0.15, -0.1) is 0 Å². The Morgan fingerprint density at radius 1 is 1.07 bits per heavy atom. The highest BCUT2D eigenvalue weighted by Gasteiger charge is 2.12. The number of carbonyl (C=O) groups excluding carboxylic acids is 1. The summed E-state index contributed by atoms with van der Waals surface area (Å²) in [5.41, 5.74) is 3.95. The van der Waals surface area contributed by atoms with Crippen molar-refractivity contribution in [3.8, 4) is 17.2 Å². The van der Waals surface area contributed by atoms with Crippen LogP contribution in [-0.4, -0.2) is 32.8 Å². The lowest BCUT2D eigenvalue weighted by Gasteiger charge is -2.13. The Labute approximate surface area is 163 Å². The molecule has 0 atom stereocenters. The molecule has 1 amide bonds. The van der Waals surface area contributed by atoms with Crippen LogP contribution in [0.1, 0.15) is 22.3 Å². The minimum atomic E-state index is -2.92. The predicted molar refractivity (Wildman–Crippen MR) is 102 cm³/mol. The molecule has 0 aliphatic heterocycles. The first-order chi connectivity index (χ1) is 13.3. The molecule has 2 aromatic carbocycles. The first-order valence-electron chi connectivity index (χ1n) is 8.89. The fraction of sp³-hybridized carbons (Fsp3) is 0.381. The molecule has 0 radical (unpaired) electrons. The Bertz CT molecular complexity index is 801. The molecule has 0 saturated carbocycles. The molecular weight excluding hydrogens is 368 g/mol. The smallest absolute Gasteiger partial charge is 0.387 e. The van der Waals surface area contributed by atoms with Crippen molar-refractivity contribution in [2.24, 2.45) is 0 Å². The van der Waals surface area contributed by atoms with E-state index < -0.39 is 6.61 Å². The number of carbonyl (C=O) groups is 1. The topological polar surface area (TPSA) is 56.8 Å². The molecule has 5 nitrogen and oxygen atoms in total. The number of alkyl halides is 2. The number of amides is 1. The Hall–Kier alpha value is -2.83. The average Bonchev–Trinajstić information content (AvgIpc) is 2.61. The van der Waals surface area contributed by atoms with Crippen LogP contribution in [0.15, 0.2) is 30.3 Å². The maximum Gasteiger partial charge on any atom is 0.387 e. The van der Waals surface area contributed by atoms with Crippen LogP contribution in [0.3, 0.4) is 0 Å². The summed E-state index contributed by atoms with van der Waals surface area (Å²) in [5, 5.41) is 2.78. The van der Waals surface area contributed by atoms with Crippen LogP contribution < -0.4 is 19.5 Å². The van der Waals surface area contributed by atoms with E-state index in [0.29, 0.717) is 13.0 Å². The molecule has 2 rings (SSSR count). The molecule has 0 saturated heterocycles. The standard InChI is InChI=1S/C21H25F2NO4/c1-13-9-14(2)20(15(3)10-13)27-12-19(25)24-8-7-16-5-6-17(28-21(22)23)18(11-16)26-4/h5-6,9-11,21H,7-8,12H2,1-4H3,(H,24,25). The summed E-state index contributed by atoms with van der Waals surface area (Å²) in [6.07, 6.45) is 0.514. The Morgan fingerprint density at radius 3 is 2.36 bits per heavy atom. The van der Waals surface area contributed by atoms with Gasteiger partial charge in [-0.3, -0.25) is 4.79 Å². The van der Waals surface area contributed by atoms with E-state index in [4.69, 9.17) is 9.47 Å². The van der Waals surface area contributed by atoms with E-state index in [1.165, 1.54) is 13.2 Å². The highest BCUT2D eigenvalue weighted by molar-refractivity contribution is 5.77. The monoisotopic (exact) mass is 393 g/mol. The van der Waals surface area contributed by atoms with Crippen LogP contribution in [0.2, 0.25) is 0 Å². The molecule has 0 unspecified atom stereocenters. The van der Waals surface area contributed by atoms with Gasteiger partial charge in [0.15, 0.2) is 18.1 Å². The van der Waals surface area contributed by atoms with Gasteiger partial charge in [-0.2, -0.15) is 8.78 Å². The van der Waals surface area contributed by atoms with Crippen molar-refractivity contribution >= 4 is 5.91 Å². The van der Waals surface area contributed by atoms with Crippen LogP contribution >= 0.6 is 0 Å². The predicted octanol–water partition coefficient (Wildman–Crippen LogP) is 3.96. The van der Waals surface area contributed by atoms with Crippen LogP contribution in [-0.2, 0) is 11.2 Å². The summed E-state index contributed by atoms with van der Waals surface area (Å²) in [7, 11) is 1.38. The van der Waals surface area contributed by atoms with Gasteiger partial charge in [0.05, 0.1) is 7.11 Å². The van der Waals surface area contributed by atoms with Gasteiger partial charge in [-0.05, 0) is 56.0 Å². The average molecular weight is 393 g/mol. The summed E-state index contributed by atoms with van der Waals surface area (Å²) in [6.45, 7) is 3.29. The third-order valence-corrected chi connectivity index (χ3v) is 4.13. The van der Waals surface area contributed by atoms with Crippen molar-refractivity contribution in [3.05, 3.63) is 52.6 Å². The number of ether oxygens (including phenoxy) is 3. The molecule has 0 fully saturated rings. The number of methoxy groups -OCH3 is 1. The quantitative estimate of drug-likeness (QED) is 0.701. The first kappa shape index (κ1) is 21.5. The summed E-state index contributed by atoms with van der Waals surface area (Å²) in [6, 6.07) is 8.71. The molecular formula is C21H25F2NO4. The van der Waals surface area contributed by atoms with Crippen molar-refractivity contribution in [3.63, 3.8) is 0 Å². The minimum absolute atomic E-state index is 0.0254. The number of hydrogen-bond donors (Lipinski definition) is 1. The summed E-state index contributed by atoms with van der Waals surface area (Å²) >= 11 is 0. The van der Waals surface area contributed by atoms with E-state index in [0.717, 1.165) is 28.0 Å². The second-order valence-corrected chi connectivity index (χ2v) is 6.48. The van der Waals surface area contributed by atoms with E-state index in [-0.39, 0.29) is 24.0 Å². The zero-order valence-corrected chi connectivity index (χ0v) is 16.5. The van der Waals surface area contributed by atoms with Crippen molar-refractivity contribution in [1.29, 1.82) is 0 Å². The molecule has 28 heavy (non-hydrogen) atoms. The zero-order chi connectivity index (χ0) is 20.7. The molecule has 0 aromatic heterocycles. The zero-order valence-electron chi connectivity index (χ0n) is 16.5. The molecule has 0 aliphatic rings. The van der Waals surface area contributed by atoms with Gasteiger partial charge in [0.2, 0.25) is 0 Å².